The van der Waals surface area contributed by atoms with Gasteiger partial charge in [0.05, 0.1) is 0 Å². The van der Waals surface area contributed by atoms with Gasteiger partial charge in [0.1, 0.15) is 0 Å². The van der Waals surface area contributed by atoms with Crippen LogP contribution in [0.1, 0.15) is 0 Å². The van der Waals surface area contributed by atoms with Crippen LogP contribution in [0.2, 0.25) is 0 Å². The molecule has 0 unspecified atom stereocenters. The van der Waals surface area contributed by atoms with Gasteiger partial charge in [-0.15, -0.1) is 22.7 Å². The van der Waals surface area contributed by atoms with Crippen LogP contribution in [-0.2, 0) is 0 Å². The molecule has 57 heavy (non-hydrogen) atoms. The summed E-state index contributed by atoms with van der Waals surface area (Å²) in [7, 11) is 0. The Morgan fingerprint density at radius 2 is 0.702 bits per heavy atom. The Balaban J connectivity index is 0.970. The van der Waals surface area contributed by atoms with Crippen LogP contribution in [0.15, 0.2) is 212 Å². The molecule has 3 heteroatoms. The molecule has 0 bridgehead atoms. The number of hydrogen-bond donors (Lipinski definition) is 0. The molecule has 0 fully saturated rings. The second-order valence-electron chi connectivity index (χ2n) is 14.5. The van der Waals surface area contributed by atoms with E-state index in [1.54, 1.807) is 0 Å². The lowest BCUT2D eigenvalue weighted by molar-refractivity contribution is 1.28. The average Bonchev–Trinajstić information content (AvgIpc) is 3.87. The van der Waals surface area contributed by atoms with Crippen molar-refractivity contribution in [2.75, 3.05) is 4.90 Å². The number of thiophene rings is 2. The van der Waals surface area contributed by atoms with Crippen molar-refractivity contribution >= 4 is 80.1 Å². The molecular formula is C54H35NS2. The van der Waals surface area contributed by atoms with Gasteiger partial charge in [-0.3, -0.25) is 0 Å². The smallest absolute Gasteiger partial charge is 0.0462 e. The first kappa shape index (κ1) is 33.5. The van der Waals surface area contributed by atoms with E-state index in [2.05, 4.69) is 217 Å². The lowest BCUT2D eigenvalue weighted by atomic mass is 9.99. The minimum Gasteiger partial charge on any atom is -0.311 e. The van der Waals surface area contributed by atoms with Gasteiger partial charge in [0, 0.05) is 57.4 Å². The first-order chi connectivity index (χ1) is 28.2. The third-order valence-corrected chi connectivity index (χ3v) is 13.5. The molecule has 0 N–H and O–H groups in total. The first-order valence-corrected chi connectivity index (χ1v) is 21.0. The van der Waals surface area contributed by atoms with E-state index in [0.29, 0.717) is 0 Å². The Morgan fingerprint density at radius 1 is 0.263 bits per heavy atom. The molecule has 2 heterocycles. The van der Waals surface area contributed by atoms with E-state index in [9.17, 15) is 0 Å². The fraction of sp³-hybridized carbons (Fsp3) is 0. The van der Waals surface area contributed by atoms with E-state index in [-0.39, 0.29) is 0 Å². The van der Waals surface area contributed by atoms with Gasteiger partial charge in [0.25, 0.3) is 0 Å². The van der Waals surface area contributed by atoms with Gasteiger partial charge in [-0.05, 0) is 93.0 Å². The Kier molecular flexibility index (Phi) is 8.28. The van der Waals surface area contributed by atoms with Crippen LogP contribution < -0.4 is 4.90 Å². The van der Waals surface area contributed by atoms with Crippen LogP contribution >= 0.6 is 22.7 Å². The highest BCUT2D eigenvalue weighted by molar-refractivity contribution is 7.30. The van der Waals surface area contributed by atoms with E-state index in [0.717, 1.165) is 17.1 Å². The van der Waals surface area contributed by atoms with E-state index in [1.165, 1.54) is 84.9 Å². The molecule has 2 aromatic heterocycles. The molecule has 0 aliphatic carbocycles. The zero-order chi connectivity index (χ0) is 37.7. The second kappa shape index (κ2) is 14.1. The summed E-state index contributed by atoms with van der Waals surface area (Å²) in [6, 6.07) is 77.2. The molecule has 1 nitrogen and oxygen atoms in total. The standard InChI is InChI=1S/C54H35NS2/c1-3-10-36(11-4-1)38-18-20-39(21-19-38)41-24-30-44(31-25-41)55(43-28-22-40(23-29-43)37-12-5-2-6-13-37)45-32-26-42(27-33-45)46-15-9-16-47-48-34-35-51-52(54(48)57-53(46)47)49-14-7-8-17-50(49)56-51/h1-35H. The van der Waals surface area contributed by atoms with Crippen LogP contribution in [0.25, 0.3) is 84.9 Å². The average molecular weight is 762 g/mol. The minimum atomic E-state index is 1.11. The van der Waals surface area contributed by atoms with Crippen molar-refractivity contribution in [1.29, 1.82) is 0 Å². The van der Waals surface area contributed by atoms with Crippen molar-refractivity contribution < 1.29 is 0 Å². The largest absolute Gasteiger partial charge is 0.311 e. The number of anilines is 3. The molecule has 11 rings (SSSR count). The van der Waals surface area contributed by atoms with Crippen molar-refractivity contribution in [3.05, 3.63) is 212 Å². The Labute approximate surface area is 340 Å². The molecule has 0 aliphatic heterocycles. The number of benzene rings is 9. The number of nitrogens with zero attached hydrogens (tertiary/aromatic N) is 1. The second-order valence-corrected chi connectivity index (χ2v) is 16.6. The highest BCUT2D eigenvalue weighted by Crippen LogP contribution is 2.47. The molecule has 0 spiro atoms. The van der Waals surface area contributed by atoms with Crippen LogP contribution in [0, 0.1) is 0 Å². The minimum absolute atomic E-state index is 1.11. The molecular weight excluding hydrogens is 727 g/mol. The van der Waals surface area contributed by atoms with E-state index >= 15 is 0 Å². The van der Waals surface area contributed by atoms with Gasteiger partial charge in [0.2, 0.25) is 0 Å². The van der Waals surface area contributed by atoms with Gasteiger partial charge >= 0.3 is 0 Å². The van der Waals surface area contributed by atoms with Crippen molar-refractivity contribution in [2.45, 2.75) is 0 Å². The lowest BCUT2D eigenvalue weighted by Crippen LogP contribution is -2.09. The molecule has 0 saturated carbocycles. The molecule has 0 atom stereocenters. The summed E-state index contributed by atoms with van der Waals surface area (Å²) in [6.45, 7) is 0. The Bertz CT molecular complexity index is 3180. The van der Waals surface area contributed by atoms with Crippen molar-refractivity contribution in [1.82, 2.24) is 0 Å². The molecule has 268 valence electrons. The third-order valence-electron chi connectivity index (χ3n) is 11.1. The van der Waals surface area contributed by atoms with Crippen LogP contribution in [0.3, 0.4) is 0 Å². The molecule has 9 aromatic carbocycles. The molecule has 0 radical (unpaired) electrons. The third kappa shape index (κ3) is 6.00. The Hall–Kier alpha value is -6.78. The van der Waals surface area contributed by atoms with Crippen molar-refractivity contribution in [3.63, 3.8) is 0 Å². The highest BCUT2D eigenvalue weighted by atomic mass is 32.1. The van der Waals surface area contributed by atoms with Gasteiger partial charge in [-0.1, -0.05) is 164 Å². The first-order valence-electron chi connectivity index (χ1n) is 19.3. The topological polar surface area (TPSA) is 3.24 Å². The van der Waals surface area contributed by atoms with Gasteiger partial charge in [-0.25, -0.2) is 0 Å². The molecule has 0 saturated heterocycles. The summed E-state index contributed by atoms with van der Waals surface area (Å²) in [5.74, 6) is 0. The zero-order valence-electron chi connectivity index (χ0n) is 31.0. The van der Waals surface area contributed by atoms with Crippen molar-refractivity contribution in [2.24, 2.45) is 0 Å². The number of fused-ring (bicyclic) bond motifs is 7. The Morgan fingerprint density at radius 3 is 1.26 bits per heavy atom. The summed E-state index contributed by atoms with van der Waals surface area (Å²) in [5, 5.41) is 5.40. The van der Waals surface area contributed by atoms with Crippen LogP contribution in [0.4, 0.5) is 17.1 Å². The molecule has 0 aliphatic rings. The van der Waals surface area contributed by atoms with E-state index in [1.807, 2.05) is 22.7 Å². The summed E-state index contributed by atoms with van der Waals surface area (Å²) in [6.07, 6.45) is 0. The van der Waals surface area contributed by atoms with E-state index < -0.39 is 0 Å². The van der Waals surface area contributed by atoms with Gasteiger partial charge < -0.3 is 4.90 Å². The molecule has 11 aromatic rings. The lowest BCUT2D eigenvalue weighted by Gasteiger charge is -2.26. The maximum atomic E-state index is 2.36. The number of rotatable bonds is 7. The SMILES string of the molecule is c1ccc(-c2ccc(-c3ccc(N(c4ccc(-c5ccccc5)cc4)c4ccc(-c5cccc6c5sc5c6ccc6sc7ccccc7c65)cc4)cc3)cc2)cc1. The van der Waals surface area contributed by atoms with Crippen LogP contribution in [0.5, 0.6) is 0 Å². The maximum Gasteiger partial charge on any atom is 0.0462 e. The van der Waals surface area contributed by atoms with Gasteiger partial charge in [0.15, 0.2) is 0 Å². The quantitative estimate of drug-likeness (QED) is 0.156. The predicted octanol–water partition coefficient (Wildman–Crippen LogP) is 16.6. The van der Waals surface area contributed by atoms with E-state index in [4.69, 9.17) is 0 Å². The highest BCUT2D eigenvalue weighted by Gasteiger charge is 2.17. The fourth-order valence-corrected chi connectivity index (χ4v) is 10.8. The van der Waals surface area contributed by atoms with Crippen molar-refractivity contribution in [3.8, 4) is 44.5 Å². The van der Waals surface area contributed by atoms with Gasteiger partial charge in [-0.2, -0.15) is 0 Å². The monoisotopic (exact) mass is 761 g/mol. The number of hydrogen-bond acceptors (Lipinski definition) is 3. The fourth-order valence-electron chi connectivity index (χ4n) is 8.25. The summed E-state index contributed by atoms with van der Waals surface area (Å²) >= 11 is 3.82. The summed E-state index contributed by atoms with van der Waals surface area (Å²) in [5.41, 5.74) is 13.1. The maximum absolute atomic E-state index is 2.36. The van der Waals surface area contributed by atoms with Crippen LogP contribution in [-0.4, -0.2) is 0 Å². The summed E-state index contributed by atoms with van der Waals surface area (Å²) in [4.78, 5) is 2.36. The molecule has 0 amide bonds. The summed E-state index contributed by atoms with van der Waals surface area (Å²) < 4.78 is 5.42. The predicted molar refractivity (Wildman–Crippen MR) is 249 cm³/mol. The normalized spacial score (nSPS) is 11.5. The zero-order valence-corrected chi connectivity index (χ0v) is 32.6.